The van der Waals surface area contributed by atoms with Gasteiger partial charge in [0, 0.05) is 220 Å². The summed E-state index contributed by atoms with van der Waals surface area (Å²) < 4.78 is 48.6. The molecule has 39 heteroatoms. The van der Waals surface area contributed by atoms with Gasteiger partial charge in [0.15, 0.2) is 0 Å². The number of carbonyl (C=O) groups excluding carboxylic acids is 4. The molecule has 8 saturated heterocycles. The number of hydrogen-bond acceptors (Lipinski definition) is 31. The average molecular weight is 1930 g/mol. The van der Waals surface area contributed by atoms with Crippen LogP contribution in [0, 0.1) is 94.7 Å². The fourth-order valence-corrected chi connectivity index (χ4v) is 18.3. The summed E-state index contributed by atoms with van der Waals surface area (Å²) in [7, 11) is 4.14. The minimum Gasteiger partial charge on any atom is -0.491 e. The van der Waals surface area contributed by atoms with Crippen molar-refractivity contribution < 1.29 is 52.3 Å². The summed E-state index contributed by atoms with van der Waals surface area (Å²) >= 11 is 0. The Hall–Kier alpha value is -16.4. The van der Waals surface area contributed by atoms with Gasteiger partial charge in [-0.15, -0.1) is 25.7 Å². The summed E-state index contributed by atoms with van der Waals surface area (Å²) in [6.45, 7) is 25.3. The van der Waals surface area contributed by atoms with Crippen LogP contribution >= 0.6 is 0 Å². The van der Waals surface area contributed by atoms with Crippen molar-refractivity contribution in [3.05, 3.63) is 169 Å². The van der Waals surface area contributed by atoms with E-state index >= 15 is 0 Å². The molecule has 0 N–H and O–H groups in total. The Balaban J connectivity index is 0.000000131. The molecular weight excluding hydrogens is 1820 g/mol. The predicted octanol–water partition coefficient (Wildman–Crippen LogP) is 5.80. The Morgan fingerprint density at radius 2 is 0.636 bits per heavy atom. The van der Waals surface area contributed by atoms with Gasteiger partial charge >= 0.3 is 0 Å². The monoisotopic (exact) mass is 1920 g/mol. The highest BCUT2D eigenvalue weighted by molar-refractivity contribution is 5.95. The van der Waals surface area contributed by atoms with Crippen molar-refractivity contribution in [2.24, 2.45) is 0 Å². The van der Waals surface area contributed by atoms with Gasteiger partial charge in [-0.1, -0.05) is 6.92 Å². The summed E-state index contributed by atoms with van der Waals surface area (Å²) in [5.41, 5.74) is 11.5. The minimum atomic E-state index is -0.278. The van der Waals surface area contributed by atoms with Crippen molar-refractivity contribution in [2.75, 3.05) is 250 Å². The summed E-state index contributed by atoms with van der Waals surface area (Å²) in [6.07, 6.45) is 42.8. The van der Waals surface area contributed by atoms with Crippen LogP contribution in [-0.4, -0.2) is 370 Å². The second kappa shape index (κ2) is 46.1. The number of likely N-dealkylation sites (tertiary alicyclic amines) is 1. The standard InChI is InChI=1S/C27H29N7O3.2C26H27N7O3.C25H25N7O2/c1-3-26(35)33-9-7-32(8-10-33)25-6-5-20(15-29-25)24-13-22(18-34-27(24)21(14-28)16-30-34)37-19-23-17-31(4-2)11-12-36-23;2*1-3-25(34)32-8-6-31(7-9-32)24-5-4-19(14-28-24)23-12-21(17-33-26(23)20(13-27)15-29-33)36-18-22-16-30(2)10-11-35-22;1-2-24(33)31-10-8-30(9-11-31)23-5-4-19(16-27-23)22-14-21(34-13-12-29-6-3-7-29)18-32-25(22)20(15-26)17-28-32/h1,5-6,13,15-16,18,23H,4,7-12,17,19H2,2H3;2*1,4-5,12,14-15,17,22H,6-11,16,18H2,2H3;1,4-5,14,16-18H,3,6-13H2/t23-;2*22-;/m110./s1. The quantitative estimate of drug-likeness (QED) is 0.0723. The number of likely N-dealkylation sites (N-methyl/N-ethyl adjacent to an activating group) is 3. The van der Waals surface area contributed by atoms with E-state index in [9.17, 15) is 40.2 Å². The Bertz CT molecular complexity index is 6730. The molecule has 8 fully saturated rings. The topological polar surface area (TPSA) is 388 Å². The molecule has 39 nitrogen and oxygen atoms in total. The van der Waals surface area contributed by atoms with Crippen LogP contribution in [0.2, 0.25) is 0 Å². The number of nitrogens with zero attached hydrogens (tertiary/aromatic N) is 28. The van der Waals surface area contributed by atoms with Gasteiger partial charge in [0.05, 0.1) is 114 Å². The van der Waals surface area contributed by atoms with Crippen LogP contribution < -0.4 is 38.5 Å². The number of pyridine rings is 8. The summed E-state index contributed by atoms with van der Waals surface area (Å²) in [6, 6.07) is 32.4. The summed E-state index contributed by atoms with van der Waals surface area (Å²) in [5.74, 6) is 13.5. The number of terminal acetylenes is 4. The molecule has 12 aromatic rings. The van der Waals surface area contributed by atoms with Gasteiger partial charge in [0.2, 0.25) is 0 Å². The van der Waals surface area contributed by atoms with E-state index in [0.717, 1.165) is 139 Å². The van der Waals surface area contributed by atoms with Crippen LogP contribution in [0.25, 0.3) is 66.6 Å². The molecule has 3 atom stereocenters. The van der Waals surface area contributed by atoms with E-state index in [-0.39, 0.29) is 41.9 Å². The number of anilines is 4. The van der Waals surface area contributed by atoms with Crippen LogP contribution in [-0.2, 0) is 33.4 Å². The molecule has 143 heavy (non-hydrogen) atoms. The summed E-state index contributed by atoms with van der Waals surface area (Å²) in [5, 5.41) is 56.0. The Kier molecular flexibility index (Phi) is 31.7. The zero-order chi connectivity index (χ0) is 99.4. The maximum absolute atomic E-state index is 11.7. The third-order valence-electron chi connectivity index (χ3n) is 26.4. The van der Waals surface area contributed by atoms with Gasteiger partial charge in [0.1, 0.15) is 115 Å². The van der Waals surface area contributed by atoms with Crippen molar-refractivity contribution in [2.45, 2.75) is 31.7 Å². The van der Waals surface area contributed by atoms with E-state index < -0.39 is 0 Å². The highest BCUT2D eigenvalue weighted by atomic mass is 16.5. The number of hydrogen-bond donors (Lipinski definition) is 0. The molecule has 0 aliphatic carbocycles. The molecule has 0 unspecified atom stereocenters. The number of piperazine rings is 4. The molecular formula is C104H108N28O11. The Morgan fingerprint density at radius 1 is 0.357 bits per heavy atom. The van der Waals surface area contributed by atoms with Crippen molar-refractivity contribution in [1.29, 1.82) is 21.0 Å². The van der Waals surface area contributed by atoms with Gasteiger partial charge in [-0.25, -0.2) is 38.0 Å². The molecule has 0 aromatic carbocycles. The number of aromatic nitrogens is 12. The zero-order valence-corrected chi connectivity index (χ0v) is 80.0. The third kappa shape index (κ3) is 23.3. The van der Waals surface area contributed by atoms with Crippen LogP contribution in [0.1, 0.15) is 35.6 Å². The van der Waals surface area contributed by atoms with Gasteiger partial charge in [-0.3, -0.25) is 29.0 Å². The molecule has 0 bridgehead atoms. The van der Waals surface area contributed by atoms with Crippen LogP contribution in [0.3, 0.4) is 0 Å². The van der Waals surface area contributed by atoms with Crippen LogP contribution in [0.5, 0.6) is 23.0 Å². The van der Waals surface area contributed by atoms with Gasteiger partial charge in [-0.2, -0.15) is 41.4 Å². The number of nitriles is 4. The lowest BCUT2D eigenvalue weighted by molar-refractivity contribution is -0.126. The highest BCUT2D eigenvalue weighted by Crippen LogP contribution is 2.38. The molecule has 20 heterocycles. The predicted molar refractivity (Wildman–Crippen MR) is 532 cm³/mol. The highest BCUT2D eigenvalue weighted by Gasteiger charge is 2.31. The number of rotatable bonds is 22. The first-order chi connectivity index (χ1) is 69.8. The second-order valence-electron chi connectivity index (χ2n) is 35.4. The fourth-order valence-electron chi connectivity index (χ4n) is 18.3. The summed E-state index contributed by atoms with van der Waals surface area (Å²) in [4.78, 5) is 90.0. The SMILES string of the molecule is C#CC(=O)N1CCN(c2ccc(-c3cc(OCCN4CCC4)cn4ncc(C#N)c34)cn2)CC1.C#CC(=O)N1CCN(c2ccc(-c3cc(OC[C@@H]4CN(C)CCO4)cn4ncc(C#N)c34)cn2)CC1.C#CC(=O)N1CCN(c2ccc(-c3cc(OC[C@H]4CN(C)CCO4)cn4ncc(C#N)c34)cn2)CC1.C#CC(=O)N1CCN(c2ccc(-c3cc(OC[C@H]4CN(CC)CCO4)cn4ncc(C#N)c34)cn2)CC1. The van der Waals surface area contributed by atoms with E-state index in [1.807, 2.05) is 85.2 Å². The lowest BCUT2D eigenvalue weighted by atomic mass is 10.1. The van der Waals surface area contributed by atoms with Gasteiger partial charge in [-0.05, 0) is 137 Å². The minimum absolute atomic E-state index is 0.00233. The van der Waals surface area contributed by atoms with E-state index in [4.69, 9.17) is 58.9 Å². The van der Waals surface area contributed by atoms with E-state index in [1.54, 1.807) is 99.6 Å². The number of fused-ring (bicyclic) bond motifs is 4. The molecule has 0 spiro atoms. The van der Waals surface area contributed by atoms with E-state index in [2.05, 4.69) is 149 Å². The van der Waals surface area contributed by atoms with E-state index in [1.165, 1.54) is 6.42 Å². The maximum atomic E-state index is 11.7. The largest absolute Gasteiger partial charge is 0.491 e. The van der Waals surface area contributed by atoms with Crippen molar-refractivity contribution in [3.63, 3.8) is 0 Å². The Morgan fingerprint density at radius 3 is 0.881 bits per heavy atom. The number of carbonyl (C=O) groups is 4. The van der Waals surface area contributed by atoms with Crippen molar-refractivity contribution in [3.8, 4) is 141 Å². The molecule has 0 saturated carbocycles. The molecule has 20 rings (SSSR count). The average Bonchev–Trinajstić information content (AvgIpc) is 1.75. The number of morpholine rings is 3. The first-order valence-electron chi connectivity index (χ1n) is 47.6. The first kappa shape index (κ1) is 98.2. The Labute approximate surface area is 827 Å². The molecule has 0 radical (unpaired) electrons. The van der Waals surface area contributed by atoms with Crippen molar-refractivity contribution >= 4 is 69.0 Å². The fraction of sp³-hybridized carbons (Fsp3) is 0.385. The first-order valence-corrected chi connectivity index (χ1v) is 47.6. The molecule has 8 aliphatic heterocycles. The molecule has 4 amide bonds. The third-order valence-corrected chi connectivity index (χ3v) is 26.4. The number of ether oxygens (including phenoxy) is 7. The van der Waals surface area contributed by atoms with Crippen molar-refractivity contribution in [1.82, 2.24) is 97.6 Å². The molecule has 730 valence electrons. The van der Waals surface area contributed by atoms with Crippen LogP contribution in [0.15, 0.2) is 147 Å². The second-order valence-corrected chi connectivity index (χ2v) is 35.4. The lowest BCUT2D eigenvalue weighted by Crippen LogP contribution is -2.48. The van der Waals surface area contributed by atoms with Gasteiger partial charge < -0.3 is 82.2 Å². The molecule has 8 aliphatic rings. The smallest absolute Gasteiger partial charge is 0.298 e. The normalized spacial score (nSPS) is 17.9. The van der Waals surface area contributed by atoms with Gasteiger partial charge in [0.25, 0.3) is 23.6 Å². The lowest BCUT2D eigenvalue weighted by Gasteiger charge is -2.34. The number of amides is 4. The molecule has 12 aromatic heterocycles. The van der Waals surface area contributed by atoms with E-state index in [0.29, 0.717) is 213 Å². The maximum Gasteiger partial charge on any atom is 0.298 e. The van der Waals surface area contributed by atoms with Crippen LogP contribution in [0.4, 0.5) is 23.3 Å². The zero-order valence-electron chi connectivity index (χ0n) is 80.0.